The van der Waals surface area contributed by atoms with Gasteiger partial charge < -0.3 is 29.6 Å². The molecule has 2 aromatic carbocycles. The lowest BCUT2D eigenvalue weighted by molar-refractivity contribution is -0.137. The normalized spacial score (nSPS) is 10.9. The zero-order valence-corrected chi connectivity index (χ0v) is 19.0. The number of carboxylic acid groups (broad SMARTS) is 1. The van der Waals surface area contributed by atoms with Crippen molar-refractivity contribution in [3.63, 3.8) is 0 Å². The van der Waals surface area contributed by atoms with E-state index in [0.29, 0.717) is 29.2 Å². The highest BCUT2D eigenvalue weighted by Gasteiger charge is 2.25. The lowest BCUT2D eigenvalue weighted by Crippen LogP contribution is -2.48. The number of ether oxygens (including phenoxy) is 2. The third kappa shape index (κ3) is 6.12. The van der Waals surface area contributed by atoms with Crippen LogP contribution < -0.4 is 20.1 Å². The van der Waals surface area contributed by atoms with E-state index < -0.39 is 23.3 Å². The van der Waals surface area contributed by atoms with Gasteiger partial charge in [-0.1, -0.05) is 12.1 Å². The van der Waals surface area contributed by atoms with Crippen LogP contribution in [0.3, 0.4) is 0 Å². The number of benzene rings is 2. The van der Waals surface area contributed by atoms with Crippen LogP contribution in [0.25, 0.3) is 11.3 Å². The number of methoxy groups -OCH3 is 1. The molecule has 0 aliphatic carbocycles. The van der Waals surface area contributed by atoms with Gasteiger partial charge in [0, 0.05) is 23.7 Å². The van der Waals surface area contributed by atoms with E-state index in [0.717, 1.165) is 0 Å². The molecule has 0 spiro atoms. The fourth-order valence-electron chi connectivity index (χ4n) is 3.12. The Labute approximate surface area is 195 Å². The van der Waals surface area contributed by atoms with Gasteiger partial charge in [0.05, 0.1) is 25.5 Å². The number of hydrogen-bond acceptors (Lipinski definition) is 7. The molecule has 3 N–H and O–H groups in total. The second-order valence-corrected chi connectivity index (χ2v) is 7.97. The van der Waals surface area contributed by atoms with E-state index in [1.807, 2.05) is 0 Å². The minimum absolute atomic E-state index is 0.0495. The number of nitrogens with zero attached hydrogens (tertiary/aromatic N) is 1. The van der Waals surface area contributed by atoms with E-state index in [9.17, 15) is 19.5 Å². The molecule has 3 rings (SSSR count). The molecule has 10 heteroatoms. The number of anilines is 1. The first-order valence-electron chi connectivity index (χ1n) is 10.4. The highest BCUT2D eigenvalue weighted by Crippen LogP contribution is 2.32. The third-order valence-corrected chi connectivity index (χ3v) is 4.92. The smallest absolute Gasteiger partial charge is 0.339 e. The average Bonchev–Trinajstić information content (AvgIpc) is 3.33. The molecule has 10 nitrogen and oxygen atoms in total. The first kappa shape index (κ1) is 24.3. The first-order chi connectivity index (χ1) is 16.2. The van der Waals surface area contributed by atoms with Crippen LogP contribution in [0, 0.1) is 0 Å². The zero-order valence-electron chi connectivity index (χ0n) is 19.0. The molecule has 3 aromatic rings. The van der Waals surface area contributed by atoms with Gasteiger partial charge in [0.1, 0.15) is 17.1 Å². The number of rotatable bonds is 9. The van der Waals surface area contributed by atoms with Crippen LogP contribution in [0.5, 0.6) is 11.5 Å². The number of carbonyl (C=O) groups excluding carboxylic acids is 2. The number of amides is 2. The highest BCUT2D eigenvalue weighted by molar-refractivity contribution is 6.39. The summed E-state index contributed by atoms with van der Waals surface area (Å²) in [6, 6.07) is 11.2. The topological polar surface area (TPSA) is 140 Å². The second-order valence-electron chi connectivity index (χ2n) is 7.97. The SMILES string of the molecule is COc1cc(NC(=O)C(=O)NC(C)(C)CCOc2ccccc2C(=O)O)ccc1-c1cnco1. The Morgan fingerprint density at radius 2 is 1.85 bits per heavy atom. The summed E-state index contributed by atoms with van der Waals surface area (Å²) in [5, 5.41) is 14.4. The molecule has 0 aliphatic heterocycles. The summed E-state index contributed by atoms with van der Waals surface area (Å²) < 4.78 is 16.2. The molecule has 0 radical (unpaired) electrons. The maximum atomic E-state index is 12.5. The van der Waals surface area contributed by atoms with Crippen LogP contribution >= 0.6 is 0 Å². The van der Waals surface area contributed by atoms with Crippen molar-refractivity contribution in [3.8, 4) is 22.8 Å². The van der Waals surface area contributed by atoms with Crippen LogP contribution in [-0.2, 0) is 9.59 Å². The average molecular weight is 467 g/mol. The maximum absolute atomic E-state index is 12.5. The molecule has 0 aliphatic rings. The van der Waals surface area contributed by atoms with Gasteiger partial charge in [0.2, 0.25) is 0 Å². The Morgan fingerprint density at radius 3 is 2.53 bits per heavy atom. The van der Waals surface area contributed by atoms with Gasteiger partial charge >= 0.3 is 17.8 Å². The van der Waals surface area contributed by atoms with Crippen LogP contribution in [-0.4, -0.2) is 47.1 Å². The number of carbonyl (C=O) groups is 3. The van der Waals surface area contributed by atoms with Crippen molar-refractivity contribution in [1.29, 1.82) is 0 Å². The van der Waals surface area contributed by atoms with E-state index in [-0.39, 0.29) is 17.9 Å². The van der Waals surface area contributed by atoms with Crippen molar-refractivity contribution in [2.45, 2.75) is 25.8 Å². The number of hydrogen-bond donors (Lipinski definition) is 3. The Kier molecular flexibility index (Phi) is 7.52. The maximum Gasteiger partial charge on any atom is 0.339 e. The number of nitrogens with one attached hydrogen (secondary N) is 2. The van der Waals surface area contributed by atoms with Crippen LogP contribution in [0.2, 0.25) is 0 Å². The van der Waals surface area contributed by atoms with E-state index in [2.05, 4.69) is 15.6 Å². The van der Waals surface area contributed by atoms with Crippen molar-refractivity contribution in [2.75, 3.05) is 19.0 Å². The summed E-state index contributed by atoms with van der Waals surface area (Å²) in [4.78, 5) is 40.0. The van der Waals surface area contributed by atoms with Crippen molar-refractivity contribution in [2.24, 2.45) is 0 Å². The summed E-state index contributed by atoms with van der Waals surface area (Å²) in [6.45, 7) is 3.61. The van der Waals surface area contributed by atoms with Crippen molar-refractivity contribution >= 4 is 23.5 Å². The predicted molar refractivity (Wildman–Crippen MR) is 123 cm³/mol. The Bertz CT molecular complexity index is 1170. The van der Waals surface area contributed by atoms with E-state index in [1.54, 1.807) is 50.2 Å². The Morgan fingerprint density at radius 1 is 1.09 bits per heavy atom. The van der Waals surface area contributed by atoms with E-state index in [1.165, 1.54) is 25.8 Å². The van der Waals surface area contributed by atoms with Crippen LogP contribution in [0.4, 0.5) is 5.69 Å². The van der Waals surface area contributed by atoms with Crippen LogP contribution in [0.1, 0.15) is 30.6 Å². The summed E-state index contributed by atoms with van der Waals surface area (Å²) in [6.07, 6.45) is 3.17. The molecule has 0 atom stereocenters. The second kappa shape index (κ2) is 10.5. The fourth-order valence-corrected chi connectivity index (χ4v) is 3.12. The van der Waals surface area contributed by atoms with Gasteiger partial charge in [-0.05, 0) is 38.1 Å². The van der Waals surface area contributed by atoms with E-state index >= 15 is 0 Å². The standard InChI is InChI=1S/C24H25N3O7/c1-24(2,10-11-33-18-7-5-4-6-17(18)23(30)31)27-22(29)21(28)26-15-8-9-16(19(12-15)32-3)20-13-25-14-34-20/h4-9,12-14H,10-11H2,1-3H3,(H,26,28)(H,27,29)(H,30,31). The van der Waals surface area contributed by atoms with Gasteiger partial charge in [-0.2, -0.15) is 0 Å². The molecule has 0 fully saturated rings. The van der Waals surface area contributed by atoms with Gasteiger partial charge in [0.25, 0.3) is 0 Å². The first-order valence-corrected chi connectivity index (χ1v) is 10.4. The third-order valence-electron chi connectivity index (χ3n) is 4.92. The predicted octanol–water partition coefficient (Wildman–Crippen LogP) is 3.35. The molecule has 1 heterocycles. The van der Waals surface area contributed by atoms with E-state index in [4.69, 9.17) is 13.9 Å². The summed E-state index contributed by atoms with van der Waals surface area (Å²) in [7, 11) is 1.48. The largest absolute Gasteiger partial charge is 0.496 e. The molecular formula is C24H25N3O7. The minimum atomic E-state index is -1.09. The van der Waals surface area contributed by atoms with Crippen LogP contribution in [0.15, 0.2) is 59.5 Å². The number of oxazole rings is 1. The lowest BCUT2D eigenvalue weighted by atomic mass is 10.0. The molecule has 178 valence electrons. The summed E-state index contributed by atoms with van der Waals surface area (Å²) >= 11 is 0. The molecule has 0 saturated carbocycles. The quantitative estimate of drug-likeness (QED) is 0.407. The molecule has 1 aromatic heterocycles. The lowest BCUT2D eigenvalue weighted by Gasteiger charge is -2.26. The molecule has 0 unspecified atom stereocenters. The van der Waals surface area contributed by atoms with Gasteiger partial charge in [0.15, 0.2) is 12.2 Å². The zero-order chi connectivity index (χ0) is 24.7. The monoisotopic (exact) mass is 467 g/mol. The van der Waals surface area contributed by atoms with Gasteiger partial charge in [-0.3, -0.25) is 9.59 Å². The highest BCUT2D eigenvalue weighted by atomic mass is 16.5. The van der Waals surface area contributed by atoms with Crippen molar-refractivity contribution < 1.29 is 33.4 Å². The Balaban J connectivity index is 1.56. The number of para-hydroxylation sites is 1. The fraction of sp³-hybridized carbons (Fsp3) is 0.250. The molecular weight excluding hydrogens is 442 g/mol. The summed E-state index contributed by atoms with van der Waals surface area (Å²) in [5.74, 6) is -1.59. The molecule has 2 amide bonds. The van der Waals surface area contributed by atoms with Gasteiger partial charge in [-0.25, -0.2) is 9.78 Å². The molecule has 34 heavy (non-hydrogen) atoms. The number of aromatic carboxylic acids is 1. The molecule has 0 bridgehead atoms. The summed E-state index contributed by atoms with van der Waals surface area (Å²) in [5.41, 5.74) is 0.272. The van der Waals surface area contributed by atoms with Crippen molar-refractivity contribution in [1.82, 2.24) is 10.3 Å². The number of aromatic nitrogens is 1. The number of carboxylic acids is 1. The molecule has 0 saturated heterocycles. The minimum Gasteiger partial charge on any atom is -0.496 e. The van der Waals surface area contributed by atoms with Crippen molar-refractivity contribution in [3.05, 3.63) is 60.6 Å². The Hall–Kier alpha value is -4.34. The van der Waals surface area contributed by atoms with Gasteiger partial charge in [-0.15, -0.1) is 0 Å².